The maximum absolute atomic E-state index is 12.4. The van der Waals surface area contributed by atoms with Crippen LogP contribution in [-0.2, 0) is 9.59 Å². The molecule has 7 heteroatoms. The van der Waals surface area contributed by atoms with Gasteiger partial charge < -0.3 is 15.4 Å². The molecule has 150 valence electrons. The molecule has 2 aromatic rings. The molecule has 0 saturated heterocycles. The SMILES string of the molecule is CCN(CC(=O)Nc1ccc(OC)cc1)CC(=O)N[C@H](C)c1ccccc1Cl. The minimum absolute atomic E-state index is 0.121. The summed E-state index contributed by atoms with van der Waals surface area (Å²) < 4.78 is 5.10. The Bertz CT molecular complexity index is 796. The van der Waals surface area contributed by atoms with E-state index in [-0.39, 0.29) is 30.9 Å². The monoisotopic (exact) mass is 403 g/mol. The first-order chi connectivity index (χ1) is 13.4. The van der Waals surface area contributed by atoms with Crippen LogP contribution in [0.3, 0.4) is 0 Å². The Balaban J connectivity index is 1.85. The van der Waals surface area contributed by atoms with E-state index in [2.05, 4.69) is 10.6 Å². The van der Waals surface area contributed by atoms with Crippen LogP contribution in [0.4, 0.5) is 5.69 Å². The van der Waals surface area contributed by atoms with Crippen LogP contribution >= 0.6 is 11.6 Å². The number of benzene rings is 2. The van der Waals surface area contributed by atoms with Gasteiger partial charge in [0.1, 0.15) is 5.75 Å². The lowest BCUT2D eigenvalue weighted by molar-refractivity contribution is -0.123. The second-order valence-corrected chi connectivity index (χ2v) is 6.80. The fourth-order valence-electron chi connectivity index (χ4n) is 2.75. The van der Waals surface area contributed by atoms with Crippen LogP contribution in [0.25, 0.3) is 0 Å². The molecule has 1 atom stereocenters. The number of anilines is 1. The number of carbonyl (C=O) groups excluding carboxylic acids is 2. The predicted molar refractivity (Wildman–Crippen MR) is 112 cm³/mol. The summed E-state index contributed by atoms with van der Waals surface area (Å²) in [6, 6.07) is 14.3. The number of methoxy groups -OCH3 is 1. The van der Waals surface area contributed by atoms with Gasteiger partial charge in [-0.2, -0.15) is 0 Å². The number of amides is 2. The van der Waals surface area contributed by atoms with Gasteiger partial charge in [-0.1, -0.05) is 36.7 Å². The van der Waals surface area contributed by atoms with Crippen LogP contribution in [0.5, 0.6) is 5.75 Å². The van der Waals surface area contributed by atoms with Crippen LogP contribution in [0.15, 0.2) is 48.5 Å². The summed E-state index contributed by atoms with van der Waals surface area (Å²) in [5.74, 6) is 0.378. The lowest BCUT2D eigenvalue weighted by atomic mass is 10.1. The average molecular weight is 404 g/mol. The van der Waals surface area contributed by atoms with Crippen LogP contribution in [0.1, 0.15) is 25.5 Å². The quantitative estimate of drug-likeness (QED) is 0.672. The standard InChI is InChI=1S/C21H26ClN3O3/c1-4-25(14-21(27)24-16-9-11-17(28-3)12-10-16)13-20(26)23-15(2)18-7-5-6-8-19(18)22/h5-12,15H,4,13-14H2,1-3H3,(H,23,26)(H,24,27)/t15-/m1/s1. The molecule has 0 fully saturated rings. The Morgan fingerprint density at radius 1 is 1.07 bits per heavy atom. The topological polar surface area (TPSA) is 70.7 Å². The van der Waals surface area contributed by atoms with Crippen LogP contribution in [0.2, 0.25) is 5.02 Å². The van der Waals surface area contributed by atoms with E-state index in [1.807, 2.05) is 32.0 Å². The molecule has 28 heavy (non-hydrogen) atoms. The van der Waals surface area contributed by atoms with Crippen molar-refractivity contribution in [3.63, 3.8) is 0 Å². The van der Waals surface area contributed by atoms with E-state index in [9.17, 15) is 9.59 Å². The van der Waals surface area contributed by atoms with Crippen molar-refractivity contribution in [1.29, 1.82) is 0 Å². The van der Waals surface area contributed by atoms with Crippen molar-refractivity contribution in [2.45, 2.75) is 19.9 Å². The van der Waals surface area contributed by atoms with Crippen molar-refractivity contribution in [2.75, 3.05) is 32.1 Å². The number of halogens is 1. The van der Waals surface area contributed by atoms with Crippen LogP contribution < -0.4 is 15.4 Å². The summed E-state index contributed by atoms with van der Waals surface area (Å²) in [4.78, 5) is 26.4. The lowest BCUT2D eigenvalue weighted by Crippen LogP contribution is -2.41. The molecule has 0 unspecified atom stereocenters. The summed E-state index contributed by atoms with van der Waals surface area (Å²) in [6.45, 7) is 4.61. The summed E-state index contributed by atoms with van der Waals surface area (Å²) >= 11 is 6.18. The number of nitrogens with one attached hydrogen (secondary N) is 2. The zero-order valence-corrected chi connectivity index (χ0v) is 17.1. The Kier molecular flexibility index (Phi) is 8.29. The Morgan fingerprint density at radius 3 is 2.32 bits per heavy atom. The molecule has 0 aliphatic rings. The maximum atomic E-state index is 12.4. The molecule has 0 heterocycles. The van der Waals surface area contributed by atoms with Gasteiger partial charge in [0.05, 0.1) is 26.2 Å². The second kappa shape index (κ2) is 10.7. The van der Waals surface area contributed by atoms with E-state index in [1.54, 1.807) is 42.3 Å². The van der Waals surface area contributed by atoms with Gasteiger partial charge in [-0.15, -0.1) is 0 Å². The smallest absolute Gasteiger partial charge is 0.238 e. The fraction of sp³-hybridized carbons (Fsp3) is 0.333. The molecule has 0 bridgehead atoms. The molecule has 0 radical (unpaired) electrons. The number of hydrogen-bond acceptors (Lipinski definition) is 4. The predicted octanol–water partition coefficient (Wildman–Crippen LogP) is 3.49. The van der Waals surface area contributed by atoms with E-state index in [0.717, 1.165) is 11.3 Å². The van der Waals surface area contributed by atoms with E-state index >= 15 is 0 Å². The van der Waals surface area contributed by atoms with E-state index in [0.29, 0.717) is 17.3 Å². The third kappa shape index (κ3) is 6.55. The summed E-state index contributed by atoms with van der Waals surface area (Å²) in [6.07, 6.45) is 0. The highest BCUT2D eigenvalue weighted by atomic mass is 35.5. The van der Waals surface area contributed by atoms with Crippen molar-refractivity contribution in [3.05, 3.63) is 59.1 Å². The first-order valence-corrected chi connectivity index (χ1v) is 9.50. The Labute approximate surface area is 170 Å². The third-order valence-corrected chi connectivity index (χ3v) is 4.65. The third-order valence-electron chi connectivity index (χ3n) is 4.30. The highest BCUT2D eigenvalue weighted by Gasteiger charge is 2.16. The zero-order chi connectivity index (χ0) is 20.5. The van der Waals surface area contributed by atoms with E-state index in [4.69, 9.17) is 16.3 Å². The summed E-state index contributed by atoms with van der Waals surface area (Å²) in [7, 11) is 1.59. The molecule has 6 nitrogen and oxygen atoms in total. The average Bonchev–Trinajstić information content (AvgIpc) is 2.68. The Morgan fingerprint density at radius 2 is 1.71 bits per heavy atom. The highest BCUT2D eigenvalue weighted by molar-refractivity contribution is 6.31. The first-order valence-electron chi connectivity index (χ1n) is 9.13. The molecule has 2 rings (SSSR count). The molecule has 0 aliphatic carbocycles. The number of likely N-dealkylation sites (N-methyl/N-ethyl adjacent to an activating group) is 1. The minimum Gasteiger partial charge on any atom is -0.497 e. The lowest BCUT2D eigenvalue weighted by Gasteiger charge is -2.21. The molecule has 2 N–H and O–H groups in total. The molecule has 2 amide bonds. The Hall–Kier alpha value is -2.57. The van der Waals surface area contributed by atoms with Gasteiger partial charge in [0.15, 0.2) is 0 Å². The van der Waals surface area contributed by atoms with Crippen molar-refractivity contribution in [3.8, 4) is 5.75 Å². The molecule has 0 saturated carbocycles. The zero-order valence-electron chi connectivity index (χ0n) is 16.4. The summed E-state index contributed by atoms with van der Waals surface area (Å²) in [5, 5.41) is 6.36. The number of ether oxygens (including phenoxy) is 1. The largest absolute Gasteiger partial charge is 0.497 e. The summed E-state index contributed by atoms with van der Waals surface area (Å²) in [5.41, 5.74) is 1.54. The van der Waals surface area contributed by atoms with Gasteiger partial charge in [0.25, 0.3) is 0 Å². The number of carbonyl (C=O) groups is 2. The van der Waals surface area contributed by atoms with Crippen molar-refractivity contribution < 1.29 is 14.3 Å². The number of hydrogen-bond donors (Lipinski definition) is 2. The minimum atomic E-state index is -0.215. The van der Waals surface area contributed by atoms with Crippen molar-refractivity contribution in [1.82, 2.24) is 10.2 Å². The van der Waals surface area contributed by atoms with Crippen LogP contribution in [0, 0.1) is 0 Å². The van der Waals surface area contributed by atoms with Gasteiger partial charge in [-0.25, -0.2) is 0 Å². The molecular formula is C21H26ClN3O3. The maximum Gasteiger partial charge on any atom is 0.238 e. The van der Waals surface area contributed by atoms with Gasteiger partial charge in [-0.3, -0.25) is 14.5 Å². The molecule has 2 aromatic carbocycles. The van der Waals surface area contributed by atoms with E-state index in [1.165, 1.54) is 0 Å². The van der Waals surface area contributed by atoms with Crippen molar-refractivity contribution >= 4 is 29.1 Å². The van der Waals surface area contributed by atoms with Gasteiger partial charge in [-0.05, 0) is 49.4 Å². The number of nitrogens with zero attached hydrogens (tertiary/aromatic N) is 1. The highest BCUT2D eigenvalue weighted by Crippen LogP contribution is 2.22. The molecule has 0 aromatic heterocycles. The number of rotatable bonds is 9. The normalized spacial score (nSPS) is 11.8. The molecule has 0 aliphatic heterocycles. The van der Waals surface area contributed by atoms with Crippen LogP contribution in [-0.4, -0.2) is 43.5 Å². The van der Waals surface area contributed by atoms with Gasteiger partial charge in [0.2, 0.25) is 11.8 Å². The van der Waals surface area contributed by atoms with E-state index < -0.39 is 0 Å². The molecular weight excluding hydrogens is 378 g/mol. The second-order valence-electron chi connectivity index (χ2n) is 6.39. The molecule has 0 spiro atoms. The van der Waals surface area contributed by atoms with Crippen molar-refractivity contribution in [2.24, 2.45) is 0 Å². The van der Waals surface area contributed by atoms with Gasteiger partial charge >= 0.3 is 0 Å². The fourth-order valence-corrected chi connectivity index (χ4v) is 3.05. The first kappa shape index (κ1) is 21.7. The van der Waals surface area contributed by atoms with Gasteiger partial charge in [0, 0.05) is 10.7 Å².